The van der Waals surface area contributed by atoms with Crippen LogP contribution in [0.15, 0.2) is 18.2 Å². The lowest BCUT2D eigenvalue weighted by molar-refractivity contribution is -0.317. The molecule has 1 aromatic carbocycles. The van der Waals surface area contributed by atoms with Gasteiger partial charge >= 0.3 is 6.18 Å². The largest absolute Gasteiger partial charge is 0.496 e. The maximum Gasteiger partial charge on any atom is 0.415 e. The third-order valence-corrected chi connectivity index (χ3v) is 5.04. The van der Waals surface area contributed by atoms with Gasteiger partial charge in [-0.05, 0) is 24.6 Å². The van der Waals surface area contributed by atoms with Gasteiger partial charge in [0.15, 0.2) is 6.10 Å². The molecule has 2 aliphatic rings. The molecule has 0 aromatic heterocycles. The average Bonchev–Trinajstić information content (AvgIpc) is 2.49. The molecular weight excluding hydrogens is 309 g/mol. The highest BCUT2D eigenvalue weighted by Gasteiger charge is 2.55. The van der Waals surface area contributed by atoms with E-state index in [0.717, 1.165) is 11.1 Å². The molecule has 0 radical (unpaired) electrons. The van der Waals surface area contributed by atoms with Crippen LogP contribution in [0.5, 0.6) is 5.75 Å². The van der Waals surface area contributed by atoms with Crippen LogP contribution in [0.2, 0.25) is 0 Å². The number of ether oxygens (including phenoxy) is 3. The van der Waals surface area contributed by atoms with Crippen LogP contribution < -0.4 is 4.74 Å². The van der Waals surface area contributed by atoms with Gasteiger partial charge in [-0.25, -0.2) is 0 Å². The van der Waals surface area contributed by atoms with Crippen molar-refractivity contribution in [1.82, 2.24) is 0 Å². The van der Waals surface area contributed by atoms with Gasteiger partial charge in [-0.15, -0.1) is 0 Å². The third kappa shape index (κ3) is 2.72. The summed E-state index contributed by atoms with van der Waals surface area (Å²) in [5.41, 5.74) is 1.62. The smallest absolute Gasteiger partial charge is 0.415 e. The van der Waals surface area contributed by atoms with Crippen molar-refractivity contribution in [3.05, 3.63) is 29.3 Å². The zero-order valence-corrected chi connectivity index (χ0v) is 13.6. The van der Waals surface area contributed by atoms with E-state index in [1.807, 2.05) is 13.0 Å². The lowest BCUT2D eigenvalue weighted by atomic mass is 9.82. The first-order valence-corrected chi connectivity index (χ1v) is 7.79. The molecule has 0 N–H and O–H groups in total. The quantitative estimate of drug-likeness (QED) is 0.820. The third-order valence-electron chi connectivity index (χ3n) is 5.04. The van der Waals surface area contributed by atoms with E-state index in [1.165, 1.54) is 0 Å². The molecule has 23 heavy (non-hydrogen) atoms. The van der Waals surface area contributed by atoms with Gasteiger partial charge in [-0.3, -0.25) is 0 Å². The summed E-state index contributed by atoms with van der Waals surface area (Å²) >= 11 is 0. The summed E-state index contributed by atoms with van der Waals surface area (Å²) < 4.78 is 54.5. The first-order valence-electron chi connectivity index (χ1n) is 7.79. The Labute approximate surface area is 133 Å². The molecule has 128 valence electrons. The molecule has 0 saturated carbocycles. The van der Waals surface area contributed by atoms with Gasteiger partial charge in [0, 0.05) is 17.4 Å². The van der Waals surface area contributed by atoms with Gasteiger partial charge in [0.1, 0.15) is 5.75 Å². The highest BCUT2D eigenvalue weighted by molar-refractivity contribution is 5.41. The fourth-order valence-electron chi connectivity index (χ4n) is 3.38. The fraction of sp³-hybridized carbons (Fsp3) is 0.647. The highest BCUT2D eigenvalue weighted by atomic mass is 19.4. The van der Waals surface area contributed by atoms with Crippen molar-refractivity contribution in [2.75, 3.05) is 7.11 Å². The van der Waals surface area contributed by atoms with E-state index in [-0.39, 0.29) is 12.2 Å². The molecule has 0 bridgehead atoms. The Kier molecular flexibility index (Phi) is 4.09. The fourth-order valence-corrected chi connectivity index (χ4v) is 3.38. The van der Waals surface area contributed by atoms with Crippen LogP contribution in [-0.4, -0.2) is 25.5 Å². The number of halogens is 3. The van der Waals surface area contributed by atoms with E-state index in [1.54, 1.807) is 26.2 Å². The van der Waals surface area contributed by atoms with Gasteiger partial charge in [0.05, 0.1) is 25.4 Å². The zero-order valence-electron chi connectivity index (χ0n) is 13.6. The molecule has 6 heteroatoms. The van der Waals surface area contributed by atoms with Crippen molar-refractivity contribution in [3.63, 3.8) is 0 Å². The number of hydrogen-bond acceptors (Lipinski definition) is 3. The van der Waals surface area contributed by atoms with Crippen LogP contribution in [0, 0.1) is 11.8 Å². The predicted molar refractivity (Wildman–Crippen MR) is 78.3 cm³/mol. The maximum atomic E-state index is 12.8. The van der Waals surface area contributed by atoms with Gasteiger partial charge in [0.2, 0.25) is 0 Å². The van der Waals surface area contributed by atoms with Crippen molar-refractivity contribution in [2.24, 2.45) is 11.8 Å². The molecule has 2 fully saturated rings. The molecule has 6 atom stereocenters. The summed E-state index contributed by atoms with van der Waals surface area (Å²) in [6.07, 6.45) is -6.46. The summed E-state index contributed by atoms with van der Waals surface area (Å²) in [5.74, 6) is 0.425. The molecule has 0 aliphatic carbocycles. The minimum atomic E-state index is -4.31. The molecule has 0 amide bonds. The summed E-state index contributed by atoms with van der Waals surface area (Å²) in [6.45, 7) is 5.66. The molecular formula is C17H21F3O3. The SMILES string of the molecule is COc1ccc(C2OC(C(F)(F)F)C2C)cc1C1OC(C)C1C. The van der Waals surface area contributed by atoms with E-state index in [4.69, 9.17) is 14.2 Å². The first kappa shape index (κ1) is 16.6. The Balaban J connectivity index is 1.83. The predicted octanol–water partition coefficient (Wildman–Crippen LogP) is 4.43. The Hall–Kier alpha value is -1.27. The number of alkyl halides is 3. The van der Waals surface area contributed by atoms with Crippen LogP contribution in [0.1, 0.15) is 44.1 Å². The van der Waals surface area contributed by atoms with Gasteiger partial charge in [-0.2, -0.15) is 13.2 Å². The van der Waals surface area contributed by atoms with Crippen LogP contribution in [0.3, 0.4) is 0 Å². The summed E-state index contributed by atoms with van der Waals surface area (Å²) in [6, 6.07) is 5.41. The molecule has 0 spiro atoms. The molecule has 6 unspecified atom stereocenters. The second-order valence-corrected chi connectivity index (χ2v) is 6.50. The van der Waals surface area contributed by atoms with Gasteiger partial charge in [-0.1, -0.05) is 19.9 Å². The maximum absolute atomic E-state index is 12.8. The van der Waals surface area contributed by atoms with E-state index >= 15 is 0 Å². The van der Waals surface area contributed by atoms with Crippen LogP contribution in [0.25, 0.3) is 0 Å². The second-order valence-electron chi connectivity index (χ2n) is 6.50. The zero-order chi connectivity index (χ0) is 16.9. The Morgan fingerprint density at radius 2 is 1.70 bits per heavy atom. The number of hydrogen-bond donors (Lipinski definition) is 0. The van der Waals surface area contributed by atoms with Crippen molar-refractivity contribution >= 4 is 0 Å². The van der Waals surface area contributed by atoms with Crippen LogP contribution in [0.4, 0.5) is 13.2 Å². The first-order chi connectivity index (χ1) is 10.7. The topological polar surface area (TPSA) is 27.7 Å². The minimum absolute atomic E-state index is 0.0892. The van der Waals surface area contributed by atoms with E-state index < -0.39 is 24.3 Å². The summed E-state index contributed by atoms with van der Waals surface area (Å²) in [7, 11) is 1.58. The van der Waals surface area contributed by atoms with E-state index in [2.05, 4.69) is 6.92 Å². The Morgan fingerprint density at radius 3 is 2.17 bits per heavy atom. The summed E-state index contributed by atoms with van der Waals surface area (Å²) in [5, 5.41) is 0. The van der Waals surface area contributed by atoms with Crippen molar-refractivity contribution < 1.29 is 27.4 Å². The highest BCUT2D eigenvalue weighted by Crippen LogP contribution is 2.50. The number of benzene rings is 1. The van der Waals surface area contributed by atoms with Gasteiger partial charge in [0.25, 0.3) is 0 Å². The molecule has 2 heterocycles. The van der Waals surface area contributed by atoms with Gasteiger partial charge < -0.3 is 14.2 Å². The standard InChI is InChI=1S/C17H21F3O3/c1-8-10(3)22-15(8)12-7-11(5-6-13(12)21-4)14-9(2)16(23-14)17(18,19)20/h5-10,14-16H,1-4H3. The minimum Gasteiger partial charge on any atom is -0.496 e. The number of methoxy groups -OCH3 is 1. The molecule has 3 rings (SSSR count). The lowest BCUT2D eigenvalue weighted by Gasteiger charge is -2.45. The summed E-state index contributed by atoms with van der Waals surface area (Å²) in [4.78, 5) is 0. The van der Waals surface area contributed by atoms with Crippen molar-refractivity contribution in [2.45, 2.75) is 51.4 Å². The lowest BCUT2D eigenvalue weighted by Crippen LogP contribution is -2.50. The molecule has 2 saturated heterocycles. The van der Waals surface area contributed by atoms with Crippen molar-refractivity contribution in [3.8, 4) is 5.75 Å². The molecule has 3 nitrogen and oxygen atoms in total. The molecule has 1 aromatic rings. The monoisotopic (exact) mass is 330 g/mol. The normalized spacial score (nSPS) is 37.0. The number of rotatable bonds is 3. The molecule has 2 aliphatic heterocycles. The van der Waals surface area contributed by atoms with E-state index in [0.29, 0.717) is 11.7 Å². The van der Waals surface area contributed by atoms with Crippen LogP contribution in [-0.2, 0) is 9.47 Å². The Morgan fingerprint density at radius 1 is 1.00 bits per heavy atom. The van der Waals surface area contributed by atoms with Crippen LogP contribution >= 0.6 is 0 Å². The van der Waals surface area contributed by atoms with E-state index in [9.17, 15) is 13.2 Å². The van der Waals surface area contributed by atoms with Crippen molar-refractivity contribution in [1.29, 1.82) is 0 Å². The second kappa shape index (κ2) is 5.67. The Bertz CT molecular complexity index is 587. The average molecular weight is 330 g/mol.